The Labute approximate surface area is 367 Å². The van der Waals surface area contributed by atoms with Crippen molar-refractivity contribution in [2.24, 2.45) is 45.0 Å². The molecule has 9 rings (SSSR count). The van der Waals surface area contributed by atoms with Crippen molar-refractivity contribution >= 4 is 33.1 Å². The largest absolute Gasteiger partial charge is 0.875 e. The Morgan fingerprint density at radius 2 is 1.82 bits per heavy atom. The van der Waals surface area contributed by atoms with Gasteiger partial charge in [-0.15, -0.1) is 5.76 Å². The number of nitrogens with two attached hydrogens (primary N) is 2. The van der Waals surface area contributed by atoms with Crippen LogP contribution in [0.2, 0.25) is 0 Å². The monoisotopic (exact) mass is 852 g/mol. The number of rotatable bonds is 3. The average Bonchev–Trinajstić information content (AvgIpc) is 3.80. The van der Waals surface area contributed by atoms with Crippen LogP contribution in [0.25, 0.3) is 0 Å². The minimum atomic E-state index is -0.738. The zero-order valence-electron chi connectivity index (χ0n) is 34.7. The Bertz CT molecular complexity index is 2460. The van der Waals surface area contributed by atoms with Crippen molar-refractivity contribution < 1.29 is 24.9 Å². The van der Waals surface area contributed by atoms with Gasteiger partial charge in [-0.05, 0) is 137 Å². The minimum Gasteiger partial charge on any atom is -0.875 e. The van der Waals surface area contributed by atoms with Crippen LogP contribution in [0.3, 0.4) is 0 Å². The molecule has 6 atom stereocenters. The second kappa shape index (κ2) is 17.2. The Morgan fingerprint density at radius 3 is 2.66 bits per heavy atom. The summed E-state index contributed by atoms with van der Waals surface area (Å²) in [6.07, 6.45) is 19.3. The van der Waals surface area contributed by atoms with E-state index < -0.39 is 12.1 Å². The van der Waals surface area contributed by atoms with Crippen LogP contribution in [-0.2, 0) is 23.4 Å². The first kappa shape index (κ1) is 41.7. The van der Waals surface area contributed by atoms with Crippen LogP contribution in [0.5, 0.6) is 17.2 Å². The zero-order valence-corrected chi connectivity index (χ0v) is 36.3. The number of aliphatic imine (C=N–C) groups is 1. The number of hydrogen-bond acceptors (Lipinski definition) is 10. The van der Waals surface area contributed by atoms with Gasteiger partial charge in [0.2, 0.25) is 0 Å². The molecule has 0 aromatic heterocycles. The fraction of sp³-hybridized carbons (Fsp3) is 0.412. The summed E-state index contributed by atoms with van der Waals surface area (Å²) in [7, 11) is 3.73. The highest BCUT2D eigenvalue weighted by atomic mass is 33.1. The molecule has 2 heterocycles. The third-order valence-electron chi connectivity index (χ3n) is 14.2. The molecular weight excluding hydrogens is 799 g/mol. The van der Waals surface area contributed by atoms with Gasteiger partial charge in [0.15, 0.2) is 17.3 Å². The molecule has 6 N–H and O–H groups in total. The van der Waals surface area contributed by atoms with Gasteiger partial charge in [-0.3, -0.25) is 9.79 Å². The molecule has 2 aliphatic heterocycles. The standard InChI is InChI=1S/C51H55N3O5S2/c1-2-4-43-34-10-11-36-27-50(43)18-15-37(55)12-7-31-9-14-46(57)48(22-31)59-20-17-32-8-13-45(56)42(21-32)41-25-47(58)38-16-19-54-44(38)6-3-5-33-23-40(49(52)53)35(24-39(33)41)28-60-61-30-51(36,26-34)29-50/h8-11,13-16,18-19,21-24,34,36,41,43,49,56-58H,2,4,6-7,12,17,20,25-30,52-53H2,1H3/p-1/b18-15+,47-38?/t34-,36-,41+,43-,50+,51+/m1/s1. The van der Waals surface area contributed by atoms with Gasteiger partial charge < -0.3 is 31.5 Å². The number of allylic oxidation sites excluding steroid dienone is 7. The van der Waals surface area contributed by atoms with E-state index in [1.807, 2.05) is 58.0 Å². The van der Waals surface area contributed by atoms with Crippen LogP contribution in [-0.4, -0.2) is 34.1 Å². The van der Waals surface area contributed by atoms with E-state index in [-0.39, 0.29) is 46.9 Å². The Morgan fingerprint density at radius 1 is 0.984 bits per heavy atom. The number of carbonyl (C=O) groups excluding carboxylic acids is 1. The van der Waals surface area contributed by atoms with Crippen molar-refractivity contribution in [1.82, 2.24) is 0 Å². The van der Waals surface area contributed by atoms with Gasteiger partial charge in [-0.2, -0.15) is 0 Å². The molecule has 3 aromatic carbocycles. The molecule has 61 heavy (non-hydrogen) atoms. The molecule has 2 fully saturated rings. The summed E-state index contributed by atoms with van der Waals surface area (Å²) in [4.78, 5) is 18.0. The smallest absolute Gasteiger partial charge is 0.161 e. The zero-order chi connectivity index (χ0) is 42.3. The van der Waals surface area contributed by atoms with E-state index in [1.54, 1.807) is 24.4 Å². The fourth-order valence-electron chi connectivity index (χ4n) is 11.3. The summed E-state index contributed by atoms with van der Waals surface area (Å²) in [5, 5.41) is 36.5. The molecule has 0 radical (unpaired) electrons. The summed E-state index contributed by atoms with van der Waals surface area (Å²) >= 11 is 0. The SMILES string of the molecule is CCC[C@@H]1[C@@H]2C=C[C@@H]3C[C@]14/C=C/C(=O)CCc1ccc(O)c(c1)OCCc1ccc(O)c(c1)[C@H]1CC([O-])=C5C=CN=C5CC#Cc5cc(C(N)N)c(cc51)CSSC[C@]3(C2)C4. The number of hydrogen-bond donors (Lipinski definition) is 4. The van der Waals surface area contributed by atoms with Crippen LogP contribution in [0.4, 0.5) is 0 Å². The van der Waals surface area contributed by atoms with Gasteiger partial charge >= 0.3 is 0 Å². The van der Waals surface area contributed by atoms with Crippen LogP contribution >= 0.6 is 21.6 Å². The second-order valence-electron chi connectivity index (χ2n) is 18.0. The van der Waals surface area contributed by atoms with E-state index in [0.29, 0.717) is 71.8 Å². The number of aromatic hydroxyl groups is 2. The van der Waals surface area contributed by atoms with Crippen molar-refractivity contribution in [3.05, 3.63) is 135 Å². The fourth-order valence-corrected chi connectivity index (χ4v) is 14.1. The number of ether oxygens (including phenoxy) is 1. The molecule has 0 amide bonds. The Hall–Kier alpha value is -4.66. The maximum absolute atomic E-state index is 14.2. The molecule has 8 nitrogen and oxygen atoms in total. The maximum atomic E-state index is 14.2. The number of phenols is 2. The van der Waals surface area contributed by atoms with E-state index >= 15 is 0 Å². The average molecular weight is 853 g/mol. The molecule has 316 valence electrons. The highest BCUT2D eigenvalue weighted by molar-refractivity contribution is 8.76. The lowest BCUT2D eigenvalue weighted by molar-refractivity contribution is -0.307. The number of nitrogens with zero attached hydrogens (tertiary/aromatic N) is 1. The molecule has 6 aliphatic rings. The van der Waals surface area contributed by atoms with Gasteiger partial charge in [0.25, 0.3) is 0 Å². The number of phenolic OH excluding ortho intramolecular Hbond substituents is 2. The van der Waals surface area contributed by atoms with Crippen molar-refractivity contribution in [1.29, 1.82) is 0 Å². The molecule has 4 aliphatic carbocycles. The molecule has 3 aromatic rings. The predicted octanol–water partition coefficient (Wildman–Crippen LogP) is 8.84. The van der Waals surface area contributed by atoms with Gasteiger partial charge in [0.05, 0.1) is 24.9 Å². The van der Waals surface area contributed by atoms with Crippen LogP contribution in [0.1, 0.15) is 109 Å². The van der Waals surface area contributed by atoms with Gasteiger partial charge in [-0.25, -0.2) is 0 Å². The third kappa shape index (κ3) is 8.23. The number of aryl methyl sites for hydroxylation is 1. The molecule has 0 saturated heterocycles. The lowest BCUT2D eigenvalue weighted by Crippen LogP contribution is -2.43. The number of benzene rings is 3. The summed E-state index contributed by atoms with van der Waals surface area (Å²) in [6.45, 7) is 2.53. The lowest BCUT2D eigenvalue weighted by atomic mass is 9.56. The van der Waals surface area contributed by atoms with Crippen molar-refractivity contribution in [2.75, 3.05) is 12.4 Å². The molecule has 2 saturated carbocycles. The quantitative estimate of drug-likeness (QED) is 0.0876. The highest BCUT2D eigenvalue weighted by Crippen LogP contribution is 2.70. The van der Waals surface area contributed by atoms with Gasteiger partial charge in [-0.1, -0.05) is 89.3 Å². The molecule has 9 bridgehead atoms. The first-order valence-corrected chi connectivity index (χ1v) is 24.3. The third-order valence-corrected chi connectivity index (χ3v) is 16.7. The molecule has 1 spiro atoms. The van der Waals surface area contributed by atoms with E-state index in [0.717, 1.165) is 64.8 Å². The van der Waals surface area contributed by atoms with E-state index in [9.17, 15) is 20.1 Å². The minimum absolute atomic E-state index is 0.0124. The van der Waals surface area contributed by atoms with Crippen molar-refractivity contribution in [3.8, 4) is 29.1 Å². The van der Waals surface area contributed by atoms with E-state index in [2.05, 4.69) is 48.1 Å². The molecule has 10 heteroatoms. The highest BCUT2D eigenvalue weighted by Gasteiger charge is 2.62. The van der Waals surface area contributed by atoms with Gasteiger partial charge in [0, 0.05) is 47.6 Å². The van der Waals surface area contributed by atoms with E-state index in [1.165, 1.54) is 6.42 Å². The van der Waals surface area contributed by atoms with Gasteiger partial charge in [0.1, 0.15) is 5.75 Å². The molecule has 0 unspecified atom stereocenters. The summed E-state index contributed by atoms with van der Waals surface area (Å²) in [6, 6.07) is 14.9. The summed E-state index contributed by atoms with van der Waals surface area (Å²) < 4.78 is 6.16. The van der Waals surface area contributed by atoms with Crippen LogP contribution in [0, 0.1) is 40.4 Å². The van der Waals surface area contributed by atoms with Crippen molar-refractivity contribution in [2.45, 2.75) is 89.0 Å². The predicted molar refractivity (Wildman–Crippen MR) is 244 cm³/mol. The summed E-state index contributed by atoms with van der Waals surface area (Å²) in [5.41, 5.74) is 20.2. The Kier molecular flexibility index (Phi) is 11.8. The first-order valence-electron chi connectivity index (χ1n) is 21.8. The number of carbonyl (C=O) groups is 1. The van der Waals surface area contributed by atoms with E-state index in [4.69, 9.17) is 16.2 Å². The topological polar surface area (TPSA) is 154 Å². The van der Waals surface area contributed by atoms with Crippen molar-refractivity contribution in [3.63, 3.8) is 0 Å². The normalized spacial score (nSPS) is 28.9. The first-order chi connectivity index (χ1) is 29.5. The molecular formula is C51H54N3O5S2-. The maximum Gasteiger partial charge on any atom is 0.161 e. The van der Waals surface area contributed by atoms with Crippen LogP contribution in [0.15, 0.2) is 101 Å². The van der Waals surface area contributed by atoms with Crippen LogP contribution < -0.4 is 21.3 Å². The Balaban J connectivity index is 1.12. The lowest BCUT2D eigenvalue weighted by Gasteiger charge is -2.50. The second-order valence-corrected chi connectivity index (χ2v) is 20.4. The summed E-state index contributed by atoms with van der Waals surface area (Å²) in [5.74, 6) is 9.81. The number of fused-ring (bicyclic) bond motifs is 8. The number of ketones is 1.